The molecule has 1 fully saturated rings. The van der Waals surface area contributed by atoms with Crippen LogP contribution < -0.4 is 0 Å². The van der Waals surface area contributed by atoms with Gasteiger partial charge in [0.05, 0.1) is 29.2 Å². The topological polar surface area (TPSA) is 80.5 Å². The maximum atomic E-state index is 12.5. The molecule has 1 amide bonds. The van der Waals surface area contributed by atoms with Crippen LogP contribution in [0.25, 0.3) is 0 Å². The summed E-state index contributed by atoms with van der Waals surface area (Å²) in [4.78, 5) is 14.1. The molecule has 2 rings (SSSR count). The zero-order chi connectivity index (χ0) is 15.7. The molecule has 7 heteroatoms. The van der Waals surface area contributed by atoms with Gasteiger partial charge < -0.3 is 9.42 Å². The van der Waals surface area contributed by atoms with Crippen molar-refractivity contribution in [3.8, 4) is 0 Å². The summed E-state index contributed by atoms with van der Waals surface area (Å²) in [5.41, 5.74) is 0.0295. The third-order valence-electron chi connectivity index (χ3n) is 3.75. The number of carbonyl (C=O) groups excluding carboxylic acids is 1. The first-order valence-electron chi connectivity index (χ1n) is 6.80. The fourth-order valence-corrected chi connectivity index (χ4v) is 4.85. The second-order valence-corrected chi connectivity index (χ2v) is 7.93. The summed E-state index contributed by atoms with van der Waals surface area (Å²) in [7, 11) is -3.08. The summed E-state index contributed by atoms with van der Waals surface area (Å²) in [5.74, 6) is 0.419. The third-order valence-corrected chi connectivity index (χ3v) is 5.64. The molecule has 0 N–H and O–H groups in total. The molecule has 1 aromatic heterocycles. The Hall–Kier alpha value is -1.63. The van der Waals surface area contributed by atoms with E-state index in [2.05, 4.69) is 11.7 Å². The second-order valence-electron chi connectivity index (χ2n) is 5.74. The number of aryl methyl sites for hydroxylation is 1. The Morgan fingerprint density at radius 1 is 1.62 bits per heavy atom. The summed E-state index contributed by atoms with van der Waals surface area (Å²) in [6, 6.07) is 1.71. The van der Waals surface area contributed by atoms with Crippen LogP contribution in [0.3, 0.4) is 0 Å². The number of hydrogen-bond acceptors (Lipinski definition) is 5. The van der Waals surface area contributed by atoms with E-state index in [4.69, 9.17) is 4.52 Å². The Morgan fingerprint density at radius 3 is 2.81 bits per heavy atom. The van der Waals surface area contributed by atoms with Gasteiger partial charge in [-0.2, -0.15) is 0 Å². The van der Waals surface area contributed by atoms with Crippen molar-refractivity contribution in [2.45, 2.75) is 32.2 Å². The molecule has 0 aromatic carbocycles. The molecule has 1 aliphatic rings. The number of carbonyl (C=O) groups is 1. The van der Waals surface area contributed by atoms with Gasteiger partial charge in [-0.1, -0.05) is 11.2 Å². The van der Waals surface area contributed by atoms with Crippen molar-refractivity contribution in [2.24, 2.45) is 0 Å². The molecule has 6 nitrogen and oxygen atoms in total. The summed E-state index contributed by atoms with van der Waals surface area (Å²) in [5, 5.41) is 3.75. The zero-order valence-electron chi connectivity index (χ0n) is 12.3. The van der Waals surface area contributed by atoms with Crippen LogP contribution in [0.15, 0.2) is 23.2 Å². The van der Waals surface area contributed by atoms with Crippen molar-refractivity contribution < 1.29 is 17.7 Å². The van der Waals surface area contributed by atoms with Gasteiger partial charge in [-0.05, 0) is 20.3 Å². The molecular formula is C14H20N2O4S. The van der Waals surface area contributed by atoms with Crippen molar-refractivity contribution in [3.05, 3.63) is 30.2 Å². The Balaban J connectivity index is 2.18. The van der Waals surface area contributed by atoms with Gasteiger partial charge in [-0.3, -0.25) is 4.79 Å². The summed E-state index contributed by atoms with van der Waals surface area (Å²) in [6.07, 6.45) is 2.13. The minimum absolute atomic E-state index is 0.00495. The van der Waals surface area contributed by atoms with E-state index in [0.717, 1.165) is 0 Å². The Kier molecular flexibility index (Phi) is 4.22. The SMILES string of the molecule is C=CCN(C(=O)Cc1cc(C)no1)[C@@]1(C)CCS(=O)(=O)C1. The van der Waals surface area contributed by atoms with Crippen molar-refractivity contribution in [1.82, 2.24) is 10.1 Å². The van der Waals surface area contributed by atoms with Gasteiger partial charge in [0.15, 0.2) is 9.84 Å². The number of aromatic nitrogens is 1. The van der Waals surface area contributed by atoms with Crippen LogP contribution in [-0.4, -0.2) is 48.0 Å². The zero-order valence-corrected chi connectivity index (χ0v) is 13.1. The number of nitrogens with zero attached hydrogens (tertiary/aromatic N) is 2. The van der Waals surface area contributed by atoms with Crippen molar-refractivity contribution in [1.29, 1.82) is 0 Å². The van der Waals surface area contributed by atoms with Crippen LogP contribution in [0, 0.1) is 6.92 Å². The van der Waals surface area contributed by atoms with E-state index < -0.39 is 15.4 Å². The fraction of sp³-hybridized carbons (Fsp3) is 0.571. The van der Waals surface area contributed by atoms with Crippen LogP contribution >= 0.6 is 0 Å². The smallest absolute Gasteiger partial charge is 0.231 e. The summed E-state index contributed by atoms with van der Waals surface area (Å²) >= 11 is 0. The third kappa shape index (κ3) is 3.53. The molecule has 1 saturated heterocycles. The first-order valence-corrected chi connectivity index (χ1v) is 8.62. The molecule has 0 saturated carbocycles. The average Bonchev–Trinajstić information content (AvgIpc) is 2.90. The van der Waals surface area contributed by atoms with Gasteiger partial charge in [-0.25, -0.2) is 8.42 Å². The molecular weight excluding hydrogens is 292 g/mol. The van der Waals surface area contributed by atoms with E-state index in [0.29, 0.717) is 24.4 Å². The number of rotatable bonds is 5. The standard InChI is InChI=1S/C14H20N2O4S/c1-4-6-16(14(3)5-7-21(18,19)10-14)13(17)9-12-8-11(2)15-20-12/h4,8H,1,5-7,9-10H2,2-3H3/t14-/m0/s1. The molecule has 116 valence electrons. The molecule has 0 bridgehead atoms. The van der Waals surface area contributed by atoms with E-state index in [1.807, 2.05) is 6.92 Å². The van der Waals surface area contributed by atoms with Crippen molar-refractivity contribution >= 4 is 15.7 Å². The van der Waals surface area contributed by atoms with Crippen LogP contribution in [0.5, 0.6) is 0 Å². The van der Waals surface area contributed by atoms with Crippen LogP contribution in [0.4, 0.5) is 0 Å². The highest BCUT2D eigenvalue weighted by molar-refractivity contribution is 7.91. The van der Waals surface area contributed by atoms with Crippen LogP contribution in [0.2, 0.25) is 0 Å². The highest BCUT2D eigenvalue weighted by Gasteiger charge is 2.44. The molecule has 0 radical (unpaired) electrons. The van der Waals surface area contributed by atoms with Gasteiger partial charge in [-0.15, -0.1) is 6.58 Å². The fourth-order valence-electron chi connectivity index (χ4n) is 2.70. The van der Waals surface area contributed by atoms with E-state index in [1.165, 1.54) is 0 Å². The van der Waals surface area contributed by atoms with Gasteiger partial charge in [0, 0.05) is 12.6 Å². The Morgan fingerprint density at radius 2 is 2.33 bits per heavy atom. The predicted octanol–water partition coefficient (Wildman–Crippen LogP) is 1.12. The summed E-state index contributed by atoms with van der Waals surface area (Å²) in [6.45, 7) is 7.56. The number of hydrogen-bond donors (Lipinski definition) is 0. The lowest BCUT2D eigenvalue weighted by Gasteiger charge is -2.36. The van der Waals surface area contributed by atoms with E-state index >= 15 is 0 Å². The molecule has 1 atom stereocenters. The average molecular weight is 312 g/mol. The van der Waals surface area contributed by atoms with Gasteiger partial charge >= 0.3 is 0 Å². The maximum absolute atomic E-state index is 12.5. The van der Waals surface area contributed by atoms with Gasteiger partial charge in [0.1, 0.15) is 5.76 Å². The lowest BCUT2D eigenvalue weighted by molar-refractivity contribution is -0.135. The van der Waals surface area contributed by atoms with E-state index in [9.17, 15) is 13.2 Å². The maximum Gasteiger partial charge on any atom is 0.231 e. The quantitative estimate of drug-likeness (QED) is 0.761. The second kappa shape index (κ2) is 5.63. The molecule has 21 heavy (non-hydrogen) atoms. The lowest BCUT2D eigenvalue weighted by atomic mass is 9.98. The molecule has 1 aromatic rings. The monoisotopic (exact) mass is 312 g/mol. The van der Waals surface area contributed by atoms with Crippen molar-refractivity contribution in [3.63, 3.8) is 0 Å². The highest BCUT2D eigenvalue weighted by atomic mass is 32.2. The highest BCUT2D eigenvalue weighted by Crippen LogP contribution is 2.30. The molecule has 1 aliphatic heterocycles. The van der Waals surface area contributed by atoms with Gasteiger partial charge in [0.2, 0.25) is 5.91 Å². The first-order chi connectivity index (χ1) is 9.76. The number of amides is 1. The van der Waals surface area contributed by atoms with Crippen molar-refractivity contribution in [2.75, 3.05) is 18.1 Å². The van der Waals surface area contributed by atoms with Gasteiger partial charge in [0.25, 0.3) is 0 Å². The Labute approximate surface area is 124 Å². The summed E-state index contributed by atoms with van der Waals surface area (Å²) < 4.78 is 28.6. The minimum Gasteiger partial charge on any atom is -0.361 e. The molecule has 0 unspecified atom stereocenters. The molecule has 0 aliphatic carbocycles. The minimum atomic E-state index is -3.08. The van der Waals surface area contributed by atoms with Crippen LogP contribution in [-0.2, 0) is 21.1 Å². The Bertz CT molecular complexity index is 650. The first kappa shape index (κ1) is 15.8. The normalized spacial score (nSPS) is 23.9. The number of sulfone groups is 1. The van der Waals surface area contributed by atoms with E-state index in [1.54, 1.807) is 24.0 Å². The largest absolute Gasteiger partial charge is 0.361 e. The molecule has 0 spiro atoms. The van der Waals surface area contributed by atoms with E-state index in [-0.39, 0.29) is 23.8 Å². The molecule has 2 heterocycles. The lowest BCUT2D eigenvalue weighted by Crippen LogP contribution is -2.51. The van der Waals surface area contributed by atoms with Crippen LogP contribution in [0.1, 0.15) is 24.8 Å². The predicted molar refractivity (Wildman–Crippen MR) is 78.5 cm³/mol.